The number of carbonyl (C=O) groups excluding carboxylic acids is 1. The topological polar surface area (TPSA) is 84.9 Å². The summed E-state index contributed by atoms with van der Waals surface area (Å²) in [4.78, 5) is 23.2. The Morgan fingerprint density at radius 1 is 0.962 bits per heavy atom. The normalized spacial score (nSPS) is 10.5. The van der Waals surface area contributed by atoms with Gasteiger partial charge in [-0.15, -0.1) is 0 Å². The summed E-state index contributed by atoms with van der Waals surface area (Å²) in [5, 5.41) is 11.8. The fourth-order valence-electron chi connectivity index (χ4n) is 2.36. The molecule has 0 atom stereocenters. The van der Waals surface area contributed by atoms with Crippen LogP contribution in [-0.2, 0) is 22.6 Å². The minimum atomic E-state index is -1.06. The highest BCUT2D eigenvalue weighted by molar-refractivity contribution is 5.97. The SMILES string of the molecule is CCOCCOCc1cccc(CNC(=O)c2cccc(C(=O)O)c2)c1. The van der Waals surface area contributed by atoms with Crippen molar-refractivity contribution in [2.45, 2.75) is 20.1 Å². The minimum absolute atomic E-state index is 0.0869. The van der Waals surface area contributed by atoms with Crippen LogP contribution in [0.5, 0.6) is 0 Å². The second-order valence-corrected chi connectivity index (χ2v) is 5.64. The first-order chi connectivity index (χ1) is 12.6. The fraction of sp³-hybridized carbons (Fsp3) is 0.300. The van der Waals surface area contributed by atoms with Gasteiger partial charge in [0.1, 0.15) is 0 Å². The lowest BCUT2D eigenvalue weighted by Crippen LogP contribution is -2.23. The summed E-state index contributed by atoms with van der Waals surface area (Å²) in [5.74, 6) is -1.37. The molecule has 0 aromatic heterocycles. The lowest BCUT2D eigenvalue weighted by atomic mass is 10.1. The maximum absolute atomic E-state index is 12.2. The molecule has 0 aliphatic rings. The number of aromatic carboxylic acids is 1. The smallest absolute Gasteiger partial charge is 0.335 e. The molecular formula is C20H23NO5. The van der Waals surface area contributed by atoms with E-state index in [2.05, 4.69) is 5.32 Å². The van der Waals surface area contributed by atoms with Crippen LogP contribution in [-0.4, -0.2) is 36.8 Å². The van der Waals surface area contributed by atoms with Crippen LogP contribution in [0.2, 0.25) is 0 Å². The van der Waals surface area contributed by atoms with Gasteiger partial charge in [-0.05, 0) is 36.2 Å². The van der Waals surface area contributed by atoms with Crippen molar-refractivity contribution < 1.29 is 24.2 Å². The summed E-state index contributed by atoms with van der Waals surface area (Å²) >= 11 is 0. The third kappa shape index (κ3) is 6.31. The summed E-state index contributed by atoms with van der Waals surface area (Å²) in [5.41, 5.74) is 2.36. The number of ether oxygens (including phenoxy) is 2. The van der Waals surface area contributed by atoms with Crippen LogP contribution < -0.4 is 5.32 Å². The number of amides is 1. The Bertz CT molecular complexity index is 744. The average Bonchev–Trinajstić information content (AvgIpc) is 2.66. The molecule has 6 heteroatoms. The van der Waals surface area contributed by atoms with Crippen LogP contribution in [0.25, 0.3) is 0 Å². The molecule has 0 aliphatic heterocycles. The van der Waals surface area contributed by atoms with Crippen molar-refractivity contribution in [3.05, 3.63) is 70.8 Å². The minimum Gasteiger partial charge on any atom is -0.478 e. The highest BCUT2D eigenvalue weighted by atomic mass is 16.5. The zero-order chi connectivity index (χ0) is 18.8. The van der Waals surface area contributed by atoms with E-state index in [9.17, 15) is 9.59 Å². The van der Waals surface area contributed by atoms with Crippen LogP contribution in [0.3, 0.4) is 0 Å². The number of carbonyl (C=O) groups is 2. The molecule has 2 aromatic carbocycles. The summed E-state index contributed by atoms with van der Waals surface area (Å²) in [6.45, 7) is 4.55. The van der Waals surface area contributed by atoms with Crippen molar-refractivity contribution in [1.29, 1.82) is 0 Å². The van der Waals surface area contributed by atoms with Gasteiger partial charge in [0.15, 0.2) is 0 Å². The van der Waals surface area contributed by atoms with Crippen molar-refractivity contribution in [2.24, 2.45) is 0 Å². The van der Waals surface area contributed by atoms with Gasteiger partial charge in [-0.1, -0.05) is 30.3 Å². The van der Waals surface area contributed by atoms with Gasteiger partial charge in [-0.25, -0.2) is 4.79 Å². The van der Waals surface area contributed by atoms with Crippen molar-refractivity contribution >= 4 is 11.9 Å². The first-order valence-electron chi connectivity index (χ1n) is 8.45. The molecule has 0 saturated carbocycles. The molecule has 26 heavy (non-hydrogen) atoms. The fourth-order valence-corrected chi connectivity index (χ4v) is 2.36. The quantitative estimate of drug-likeness (QED) is 0.639. The highest BCUT2D eigenvalue weighted by Crippen LogP contribution is 2.09. The van der Waals surface area contributed by atoms with Crippen molar-refractivity contribution in [3.63, 3.8) is 0 Å². The Labute approximate surface area is 152 Å². The molecule has 0 spiro atoms. The molecular weight excluding hydrogens is 334 g/mol. The second-order valence-electron chi connectivity index (χ2n) is 5.64. The summed E-state index contributed by atoms with van der Waals surface area (Å²) in [6, 6.07) is 13.7. The van der Waals surface area contributed by atoms with E-state index < -0.39 is 5.97 Å². The summed E-state index contributed by atoms with van der Waals surface area (Å²) < 4.78 is 10.8. The molecule has 0 saturated heterocycles. The van der Waals surface area contributed by atoms with E-state index in [0.29, 0.717) is 38.5 Å². The van der Waals surface area contributed by atoms with Crippen LogP contribution in [0, 0.1) is 0 Å². The van der Waals surface area contributed by atoms with E-state index in [4.69, 9.17) is 14.6 Å². The van der Waals surface area contributed by atoms with Crippen molar-refractivity contribution in [1.82, 2.24) is 5.32 Å². The molecule has 0 bridgehead atoms. The van der Waals surface area contributed by atoms with Gasteiger partial charge in [0, 0.05) is 18.7 Å². The number of carboxylic acid groups (broad SMARTS) is 1. The Hall–Kier alpha value is -2.70. The van der Waals surface area contributed by atoms with Gasteiger partial charge in [-0.3, -0.25) is 4.79 Å². The number of carboxylic acids is 1. The van der Waals surface area contributed by atoms with E-state index in [1.807, 2.05) is 31.2 Å². The van der Waals surface area contributed by atoms with Crippen molar-refractivity contribution in [3.8, 4) is 0 Å². The maximum atomic E-state index is 12.2. The van der Waals surface area contributed by atoms with E-state index in [1.165, 1.54) is 12.1 Å². The molecule has 0 unspecified atom stereocenters. The number of benzene rings is 2. The lowest BCUT2D eigenvalue weighted by Gasteiger charge is -2.09. The van der Waals surface area contributed by atoms with Gasteiger partial charge in [0.2, 0.25) is 0 Å². The molecule has 1 amide bonds. The van der Waals surface area contributed by atoms with Gasteiger partial charge >= 0.3 is 5.97 Å². The first-order valence-corrected chi connectivity index (χ1v) is 8.45. The summed E-state index contributed by atoms with van der Waals surface area (Å²) in [6.07, 6.45) is 0. The third-order valence-corrected chi connectivity index (χ3v) is 3.66. The van der Waals surface area contributed by atoms with Gasteiger partial charge in [0.05, 0.1) is 25.4 Å². The summed E-state index contributed by atoms with van der Waals surface area (Å²) in [7, 11) is 0. The molecule has 6 nitrogen and oxygen atoms in total. The highest BCUT2D eigenvalue weighted by Gasteiger charge is 2.09. The molecule has 0 radical (unpaired) electrons. The van der Waals surface area contributed by atoms with E-state index >= 15 is 0 Å². The second kappa shape index (κ2) is 10.3. The average molecular weight is 357 g/mol. The number of hydrogen-bond donors (Lipinski definition) is 2. The van der Waals surface area contributed by atoms with Gasteiger partial charge < -0.3 is 19.9 Å². The molecule has 2 N–H and O–H groups in total. The predicted octanol–water partition coefficient (Wildman–Crippen LogP) is 2.87. The Morgan fingerprint density at radius 2 is 1.65 bits per heavy atom. The van der Waals surface area contributed by atoms with E-state index in [0.717, 1.165) is 11.1 Å². The zero-order valence-electron chi connectivity index (χ0n) is 14.7. The molecule has 0 heterocycles. The Kier molecular flexibility index (Phi) is 7.79. The van der Waals surface area contributed by atoms with Crippen LogP contribution in [0.4, 0.5) is 0 Å². The molecule has 2 rings (SSSR count). The number of hydrogen-bond acceptors (Lipinski definition) is 4. The number of nitrogens with one attached hydrogen (secondary N) is 1. The van der Waals surface area contributed by atoms with E-state index in [1.54, 1.807) is 12.1 Å². The Morgan fingerprint density at radius 3 is 2.42 bits per heavy atom. The molecule has 138 valence electrons. The monoisotopic (exact) mass is 357 g/mol. The van der Waals surface area contributed by atoms with Gasteiger partial charge in [-0.2, -0.15) is 0 Å². The lowest BCUT2D eigenvalue weighted by molar-refractivity contribution is 0.0453. The Balaban J connectivity index is 1.87. The maximum Gasteiger partial charge on any atom is 0.335 e. The molecule has 0 fully saturated rings. The molecule has 2 aromatic rings. The molecule has 0 aliphatic carbocycles. The third-order valence-electron chi connectivity index (χ3n) is 3.66. The first kappa shape index (κ1) is 19.6. The standard InChI is InChI=1S/C20H23NO5/c1-2-25-9-10-26-14-16-6-3-5-15(11-16)13-21-19(22)17-7-4-8-18(12-17)20(23)24/h3-8,11-12H,2,9-10,13-14H2,1H3,(H,21,22)(H,23,24). The van der Waals surface area contributed by atoms with E-state index in [-0.39, 0.29) is 11.5 Å². The van der Waals surface area contributed by atoms with Crippen molar-refractivity contribution in [2.75, 3.05) is 19.8 Å². The van der Waals surface area contributed by atoms with Crippen LogP contribution in [0.1, 0.15) is 38.8 Å². The number of rotatable bonds is 10. The largest absolute Gasteiger partial charge is 0.478 e. The van der Waals surface area contributed by atoms with Crippen LogP contribution in [0.15, 0.2) is 48.5 Å². The predicted molar refractivity (Wildman–Crippen MR) is 97.2 cm³/mol. The zero-order valence-corrected chi connectivity index (χ0v) is 14.7. The van der Waals surface area contributed by atoms with Gasteiger partial charge in [0.25, 0.3) is 5.91 Å². The van der Waals surface area contributed by atoms with Crippen LogP contribution >= 0.6 is 0 Å².